The minimum Gasteiger partial charge on any atom is -0.273 e. The number of para-hydroxylation sites is 1. The lowest BCUT2D eigenvalue weighted by Gasteiger charge is -2.21. The summed E-state index contributed by atoms with van der Waals surface area (Å²) >= 11 is 9.25. The topological polar surface area (TPSA) is 33.2 Å². The first-order valence-electron chi connectivity index (χ1n) is 6.77. The molecule has 1 fully saturated rings. The molecule has 0 bridgehead atoms. The monoisotopic (exact) mass is 346 g/mol. The molecular formula is C16H11ClN2OS2. The van der Waals surface area contributed by atoms with Gasteiger partial charge in [0.15, 0.2) is 5.13 Å². The number of halogens is 1. The number of anilines is 1. The zero-order valence-electron chi connectivity index (χ0n) is 11.4. The molecule has 1 amide bonds. The minimum atomic E-state index is -0.0632. The molecule has 0 saturated carbocycles. The van der Waals surface area contributed by atoms with Crippen LogP contribution in [-0.4, -0.2) is 16.6 Å². The van der Waals surface area contributed by atoms with E-state index in [1.807, 2.05) is 48.5 Å². The smallest absolute Gasteiger partial charge is 0.240 e. The van der Waals surface area contributed by atoms with Crippen LogP contribution in [0.15, 0.2) is 48.5 Å². The van der Waals surface area contributed by atoms with Crippen molar-refractivity contribution in [2.75, 3.05) is 10.7 Å². The summed E-state index contributed by atoms with van der Waals surface area (Å²) in [4.78, 5) is 18.8. The van der Waals surface area contributed by atoms with Gasteiger partial charge in [0.25, 0.3) is 0 Å². The van der Waals surface area contributed by atoms with Crippen LogP contribution in [0.3, 0.4) is 0 Å². The van der Waals surface area contributed by atoms with Crippen LogP contribution in [0.25, 0.3) is 10.2 Å². The van der Waals surface area contributed by atoms with Crippen LogP contribution in [0.4, 0.5) is 5.13 Å². The molecule has 1 saturated heterocycles. The Hall–Kier alpha value is -1.56. The van der Waals surface area contributed by atoms with Gasteiger partial charge in [-0.05, 0) is 29.8 Å². The molecule has 0 radical (unpaired) electrons. The van der Waals surface area contributed by atoms with Gasteiger partial charge in [0, 0.05) is 5.02 Å². The van der Waals surface area contributed by atoms with E-state index in [-0.39, 0.29) is 11.3 Å². The van der Waals surface area contributed by atoms with Gasteiger partial charge in [-0.2, -0.15) is 0 Å². The molecule has 1 aliphatic heterocycles. The average molecular weight is 347 g/mol. The highest BCUT2D eigenvalue weighted by atomic mass is 35.5. The maximum Gasteiger partial charge on any atom is 0.240 e. The van der Waals surface area contributed by atoms with E-state index in [2.05, 4.69) is 4.98 Å². The van der Waals surface area contributed by atoms with E-state index in [0.717, 1.165) is 20.9 Å². The number of benzene rings is 2. The van der Waals surface area contributed by atoms with Crippen LogP contribution in [0.1, 0.15) is 10.9 Å². The highest BCUT2D eigenvalue weighted by molar-refractivity contribution is 8.00. The fraction of sp³-hybridized carbons (Fsp3) is 0.125. The molecule has 22 heavy (non-hydrogen) atoms. The van der Waals surface area contributed by atoms with Crippen LogP contribution in [0.2, 0.25) is 5.02 Å². The van der Waals surface area contributed by atoms with Gasteiger partial charge >= 0.3 is 0 Å². The van der Waals surface area contributed by atoms with E-state index in [9.17, 15) is 4.79 Å². The largest absolute Gasteiger partial charge is 0.273 e. The number of carbonyl (C=O) groups is 1. The molecule has 0 aliphatic carbocycles. The minimum absolute atomic E-state index is 0.0632. The number of fused-ring (bicyclic) bond motifs is 1. The van der Waals surface area contributed by atoms with Crippen LogP contribution < -0.4 is 4.90 Å². The molecule has 1 aromatic heterocycles. The van der Waals surface area contributed by atoms with Crippen molar-refractivity contribution >= 4 is 56.0 Å². The van der Waals surface area contributed by atoms with Crippen molar-refractivity contribution < 1.29 is 4.79 Å². The van der Waals surface area contributed by atoms with Gasteiger partial charge in [-0.3, -0.25) is 9.69 Å². The molecule has 0 spiro atoms. The number of amides is 1. The lowest BCUT2D eigenvalue weighted by atomic mass is 10.2. The highest BCUT2D eigenvalue weighted by Crippen LogP contribution is 2.44. The van der Waals surface area contributed by atoms with Crippen molar-refractivity contribution in [1.82, 2.24) is 4.98 Å². The van der Waals surface area contributed by atoms with E-state index in [0.29, 0.717) is 10.8 Å². The normalized spacial score (nSPS) is 18.3. The molecule has 1 atom stereocenters. The van der Waals surface area contributed by atoms with E-state index >= 15 is 0 Å². The SMILES string of the molecule is O=C1CSC(c2cccc(Cl)c2)N1c1nc2ccccc2s1. The van der Waals surface area contributed by atoms with Crippen LogP contribution in [-0.2, 0) is 4.79 Å². The first-order chi connectivity index (χ1) is 10.7. The number of hydrogen-bond donors (Lipinski definition) is 0. The summed E-state index contributed by atoms with van der Waals surface area (Å²) in [5.74, 6) is 0.557. The molecule has 110 valence electrons. The lowest BCUT2D eigenvalue weighted by Crippen LogP contribution is -2.27. The molecular weight excluding hydrogens is 336 g/mol. The Kier molecular flexibility index (Phi) is 3.56. The predicted molar refractivity (Wildman–Crippen MR) is 93.8 cm³/mol. The summed E-state index contributed by atoms with van der Waals surface area (Å²) in [7, 11) is 0. The number of aromatic nitrogens is 1. The van der Waals surface area contributed by atoms with Crippen LogP contribution >= 0.6 is 34.7 Å². The Morgan fingerprint density at radius 3 is 2.86 bits per heavy atom. The second kappa shape index (κ2) is 5.57. The van der Waals surface area contributed by atoms with Crippen molar-refractivity contribution in [3.63, 3.8) is 0 Å². The maximum absolute atomic E-state index is 12.4. The van der Waals surface area contributed by atoms with Crippen molar-refractivity contribution in [2.45, 2.75) is 5.37 Å². The number of hydrogen-bond acceptors (Lipinski definition) is 4. The van der Waals surface area contributed by atoms with Crippen molar-refractivity contribution in [1.29, 1.82) is 0 Å². The first kappa shape index (κ1) is 14.1. The summed E-state index contributed by atoms with van der Waals surface area (Å²) < 4.78 is 1.09. The zero-order chi connectivity index (χ0) is 15.1. The fourth-order valence-corrected chi connectivity index (χ4v) is 4.92. The molecule has 6 heteroatoms. The van der Waals surface area contributed by atoms with Crippen molar-refractivity contribution in [3.8, 4) is 0 Å². The van der Waals surface area contributed by atoms with Gasteiger partial charge in [-0.1, -0.05) is 47.2 Å². The molecule has 3 nitrogen and oxygen atoms in total. The summed E-state index contributed by atoms with van der Waals surface area (Å²) in [5, 5.41) is 1.37. The van der Waals surface area contributed by atoms with E-state index in [1.165, 1.54) is 0 Å². The molecule has 1 aliphatic rings. The molecule has 2 heterocycles. The Morgan fingerprint density at radius 2 is 2.05 bits per heavy atom. The van der Waals surface area contributed by atoms with Gasteiger partial charge in [0.2, 0.25) is 5.91 Å². The van der Waals surface area contributed by atoms with Crippen LogP contribution in [0, 0.1) is 0 Å². The average Bonchev–Trinajstić information content (AvgIpc) is 3.10. The Morgan fingerprint density at radius 1 is 1.18 bits per heavy atom. The Bertz CT molecular complexity index is 831. The quantitative estimate of drug-likeness (QED) is 0.672. The predicted octanol–water partition coefficient (Wildman–Crippen LogP) is 4.73. The second-order valence-corrected chi connectivity index (χ2v) is 7.46. The molecule has 3 aromatic rings. The number of carbonyl (C=O) groups excluding carboxylic acids is 1. The summed E-state index contributed by atoms with van der Waals surface area (Å²) in [5.41, 5.74) is 1.96. The molecule has 1 unspecified atom stereocenters. The van der Waals surface area contributed by atoms with Crippen molar-refractivity contribution in [3.05, 3.63) is 59.1 Å². The highest BCUT2D eigenvalue weighted by Gasteiger charge is 2.36. The third-order valence-corrected chi connectivity index (χ3v) is 5.97. The zero-order valence-corrected chi connectivity index (χ0v) is 13.8. The fourth-order valence-electron chi connectivity index (χ4n) is 2.50. The number of thioether (sulfide) groups is 1. The third-order valence-electron chi connectivity index (χ3n) is 3.49. The van der Waals surface area contributed by atoms with Crippen molar-refractivity contribution in [2.24, 2.45) is 0 Å². The Labute approximate surface area is 140 Å². The van der Waals surface area contributed by atoms with E-state index < -0.39 is 0 Å². The van der Waals surface area contributed by atoms with Crippen LogP contribution in [0.5, 0.6) is 0 Å². The number of rotatable bonds is 2. The third kappa shape index (κ3) is 2.39. The maximum atomic E-state index is 12.4. The molecule has 4 rings (SSSR count). The first-order valence-corrected chi connectivity index (χ1v) is 9.01. The number of nitrogens with zero attached hydrogens (tertiary/aromatic N) is 2. The van der Waals surface area contributed by atoms with Gasteiger partial charge < -0.3 is 0 Å². The molecule has 2 aromatic carbocycles. The summed E-state index contributed by atoms with van der Waals surface area (Å²) in [6, 6.07) is 15.6. The van der Waals surface area contributed by atoms with E-state index in [4.69, 9.17) is 11.6 Å². The standard InChI is InChI=1S/C16H11ClN2OS2/c17-11-5-3-4-10(8-11)15-19(14(20)9-21-15)16-18-12-6-1-2-7-13(12)22-16/h1-8,15H,9H2. The van der Waals surface area contributed by atoms with Gasteiger partial charge in [0.1, 0.15) is 5.37 Å². The summed E-state index contributed by atoms with van der Waals surface area (Å²) in [6.45, 7) is 0. The lowest BCUT2D eigenvalue weighted by molar-refractivity contribution is -0.115. The van der Waals surface area contributed by atoms with E-state index in [1.54, 1.807) is 28.0 Å². The summed E-state index contributed by atoms with van der Waals surface area (Å²) in [6.07, 6.45) is 0. The van der Waals surface area contributed by atoms with Gasteiger partial charge in [-0.15, -0.1) is 11.8 Å². The second-order valence-electron chi connectivity index (χ2n) is 4.95. The van der Waals surface area contributed by atoms with Gasteiger partial charge in [-0.25, -0.2) is 4.98 Å². The molecule has 0 N–H and O–H groups in total. The number of thiazole rings is 1. The Balaban J connectivity index is 1.78. The van der Waals surface area contributed by atoms with Gasteiger partial charge in [0.05, 0.1) is 16.0 Å².